The zero-order valence-electron chi connectivity index (χ0n) is 12.1. The third-order valence-electron chi connectivity index (χ3n) is 4.29. The standard InChI is InChI=1S/C15H17N3O2S/c1-10-3-6-15(19-2,7-4-10)14-17-13(20-18-14)12-11(9-16)5-8-21-12/h5,8,10H,3-4,6-7H2,1-2H3. The van der Waals surface area contributed by atoms with E-state index in [1.165, 1.54) is 11.3 Å². The predicted molar refractivity (Wildman–Crippen MR) is 78.6 cm³/mol. The fourth-order valence-electron chi connectivity index (χ4n) is 2.81. The number of thiophene rings is 1. The lowest BCUT2D eigenvalue weighted by Gasteiger charge is -2.35. The van der Waals surface area contributed by atoms with Crippen LogP contribution in [0.3, 0.4) is 0 Å². The summed E-state index contributed by atoms with van der Waals surface area (Å²) in [6.07, 6.45) is 4.00. The average Bonchev–Trinajstić information content (AvgIpc) is 3.17. The van der Waals surface area contributed by atoms with Crippen LogP contribution in [0.15, 0.2) is 16.0 Å². The second-order valence-corrected chi connectivity index (χ2v) is 6.50. The Morgan fingerprint density at radius 2 is 2.24 bits per heavy atom. The minimum Gasteiger partial charge on any atom is -0.370 e. The minimum absolute atomic E-state index is 0.409. The molecule has 1 aliphatic carbocycles. The number of nitrogens with zero attached hydrogens (tertiary/aromatic N) is 3. The van der Waals surface area contributed by atoms with Crippen molar-refractivity contribution in [2.24, 2.45) is 5.92 Å². The fraction of sp³-hybridized carbons (Fsp3) is 0.533. The lowest BCUT2D eigenvalue weighted by Crippen LogP contribution is -2.34. The van der Waals surface area contributed by atoms with Gasteiger partial charge in [0.05, 0.1) is 5.56 Å². The van der Waals surface area contributed by atoms with E-state index in [4.69, 9.17) is 14.5 Å². The Morgan fingerprint density at radius 1 is 1.48 bits per heavy atom. The van der Waals surface area contributed by atoms with Gasteiger partial charge in [-0.1, -0.05) is 12.1 Å². The molecule has 0 radical (unpaired) electrons. The molecule has 0 aliphatic heterocycles. The largest absolute Gasteiger partial charge is 0.370 e. The number of hydrogen-bond acceptors (Lipinski definition) is 6. The zero-order valence-corrected chi connectivity index (χ0v) is 12.9. The topological polar surface area (TPSA) is 71.9 Å². The van der Waals surface area contributed by atoms with E-state index in [2.05, 4.69) is 23.1 Å². The van der Waals surface area contributed by atoms with Gasteiger partial charge in [-0.15, -0.1) is 11.3 Å². The first-order chi connectivity index (χ1) is 10.2. The summed E-state index contributed by atoms with van der Waals surface area (Å²) in [5.74, 6) is 1.72. The molecule has 2 aromatic heterocycles. The molecule has 1 aliphatic rings. The first-order valence-electron chi connectivity index (χ1n) is 7.06. The Hall–Kier alpha value is -1.71. The second kappa shape index (κ2) is 5.58. The summed E-state index contributed by atoms with van der Waals surface area (Å²) in [5.41, 5.74) is 0.122. The number of rotatable bonds is 3. The molecule has 0 N–H and O–H groups in total. The third-order valence-corrected chi connectivity index (χ3v) is 5.19. The maximum Gasteiger partial charge on any atom is 0.269 e. The van der Waals surface area contributed by atoms with Crippen LogP contribution in [0.1, 0.15) is 44.0 Å². The van der Waals surface area contributed by atoms with Crippen LogP contribution in [0.2, 0.25) is 0 Å². The predicted octanol–water partition coefficient (Wildman–Crippen LogP) is 3.72. The number of methoxy groups -OCH3 is 1. The van der Waals surface area contributed by atoms with Crippen molar-refractivity contribution in [3.8, 4) is 16.8 Å². The highest BCUT2D eigenvalue weighted by atomic mass is 32.1. The summed E-state index contributed by atoms with van der Waals surface area (Å²) in [5, 5.41) is 15.1. The van der Waals surface area contributed by atoms with Gasteiger partial charge in [-0.25, -0.2) is 0 Å². The highest BCUT2D eigenvalue weighted by Crippen LogP contribution is 2.41. The molecule has 2 heterocycles. The molecule has 110 valence electrons. The van der Waals surface area contributed by atoms with Crippen molar-refractivity contribution in [2.75, 3.05) is 7.11 Å². The van der Waals surface area contributed by atoms with Gasteiger partial charge in [-0.3, -0.25) is 0 Å². The van der Waals surface area contributed by atoms with E-state index in [0.29, 0.717) is 23.2 Å². The van der Waals surface area contributed by atoms with Gasteiger partial charge in [0.2, 0.25) is 5.82 Å². The van der Waals surface area contributed by atoms with Crippen LogP contribution in [0.5, 0.6) is 0 Å². The molecule has 0 spiro atoms. The van der Waals surface area contributed by atoms with Crippen LogP contribution in [-0.4, -0.2) is 17.3 Å². The molecule has 0 atom stereocenters. The van der Waals surface area contributed by atoms with Crippen LogP contribution in [0, 0.1) is 17.2 Å². The van der Waals surface area contributed by atoms with Gasteiger partial charge in [-0.05, 0) is 43.0 Å². The third kappa shape index (κ3) is 2.47. The van der Waals surface area contributed by atoms with Crippen molar-refractivity contribution in [3.05, 3.63) is 22.8 Å². The van der Waals surface area contributed by atoms with Gasteiger partial charge in [-0.2, -0.15) is 10.2 Å². The molecule has 3 rings (SSSR count). The minimum atomic E-state index is -0.446. The molecule has 2 aromatic rings. The molecule has 0 unspecified atom stereocenters. The highest BCUT2D eigenvalue weighted by molar-refractivity contribution is 7.13. The lowest BCUT2D eigenvalue weighted by molar-refractivity contribution is -0.0609. The van der Waals surface area contributed by atoms with Crippen LogP contribution in [0.4, 0.5) is 0 Å². The van der Waals surface area contributed by atoms with E-state index in [1.807, 2.05) is 5.38 Å². The molecule has 0 saturated heterocycles. The van der Waals surface area contributed by atoms with E-state index in [1.54, 1.807) is 13.2 Å². The molecule has 0 amide bonds. The Bertz CT molecular complexity index is 663. The molecule has 6 heteroatoms. The Morgan fingerprint density at radius 3 is 2.90 bits per heavy atom. The van der Waals surface area contributed by atoms with Crippen LogP contribution in [-0.2, 0) is 10.3 Å². The van der Waals surface area contributed by atoms with E-state index < -0.39 is 5.60 Å². The van der Waals surface area contributed by atoms with E-state index in [-0.39, 0.29) is 0 Å². The lowest BCUT2D eigenvalue weighted by atomic mass is 9.79. The van der Waals surface area contributed by atoms with Crippen molar-refractivity contribution in [3.63, 3.8) is 0 Å². The van der Waals surface area contributed by atoms with Crippen LogP contribution < -0.4 is 0 Å². The number of nitriles is 1. The molecule has 1 saturated carbocycles. The van der Waals surface area contributed by atoms with Crippen molar-refractivity contribution in [1.29, 1.82) is 5.26 Å². The summed E-state index contributed by atoms with van der Waals surface area (Å²) >= 11 is 1.43. The molecular formula is C15H17N3O2S. The van der Waals surface area contributed by atoms with Gasteiger partial charge in [0.25, 0.3) is 5.89 Å². The average molecular weight is 303 g/mol. The van der Waals surface area contributed by atoms with Crippen molar-refractivity contribution >= 4 is 11.3 Å². The number of ether oxygens (including phenoxy) is 1. The first kappa shape index (κ1) is 14.2. The van der Waals surface area contributed by atoms with Gasteiger partial charge in [0, 0.05) is 7.11 Å². The first-order valence-corrected chi connectivity index (χ1v) is 7.94. The molecule has 21 heavy (non-hydrogen) atoms. The molecule has 0 aromatic carbocycles. The fourth-order valence-corrected chi connectivity index (χ4v) is 3.58. The van der Waals surface area contributed by atoms with Gasteiger partial charge >= 0.3 is 0 Å². The number of hydrogen-bond donors (Lipinski definition) is 0. The van der Waals surface area contributed by atoms with Gasteiger partial charge in [0.1, 0.15) is 16.5 Å². The monoisotopic (exact) mass is 303 g/mol. The summed E-state index contributed by atoms with van der Waals surface area (Å²) in [4.78, 5) is 5.24. The summed E-state index contributed by atoms with van der Waals surface area (Å²) in [6.45, 7) is 2.26. The number of aromatic nitrogens is 2. The van der Waals surface area contributed by atoms with Crippen molar-refractivity contribution < 1.29 is 9.26 Å². The molecular weight excluding hydrogens is 286 g/mol. The normalized spacial score (nSPS) is 25.7. The summed E-state index contributed by atoms with van der Waals surface area (Å²) < 4.78 is 11.1. The van der Waals surface area contributed by atoms with Gasteiger partial charge < -0.3 is 9.26 Å². The molecule has 0 bridgehead atoms. The zero-order chi connectivity index (χ0) is 14.9. The molecule has 1 fully saturated rings. The smallest absolute Gasteiger partial charge is 0.269 e. The Kier molecular flexibility index (Phi) is 3.79. The quantitative estimate of drug-likeness (QED) is 0.864. The van der Waals surface area contributed by atoms with E-state index in [9.17, 15) is 0 Å². The summed E-state index contributed by atoms with van der Waals surface area (Å²) in [7, 11) is 1.71. The highest BCUT2D eigenvalue weighted by Gasteiger charge is 2.40. The van der Waals surface area contributed by atoms with Gasteiger partial charge in [0.15, 0.2) is 0 Å². The summed E-state index contributed by atoms with van der Waals surface area (Å²) in [6, 6.07) is 3.91. The Labute approximate surface area is 127 Å². The van der Waals surface area contributed by atoms with E-state index >= 15 is 0 Å². The van der Waals surface area contributed by atoms with Crippen LogP contribution >= 0.6 is 11.3 Å². The maximum atomic E-state index is 9.09. The second-order valence-electron chi connectivity index (χ2n) is 5.58. The van der Waals surface area contributed by atoms with E-state index in [0.717, 1.165) is 30.6 Å². The maximum absolute atomic E-state index is 9.09. The molecule has 5 nitrogen and oxygen atoms in total. The van der Waals surface area contributed by atoms with Crippen LogP contribution in [0.25, 0.3) is 10.8 Å². The SMILES string of the molecule is COC1(c2noc(-c3sccc3C#N)n2)CCC(C)CC1. The van der Waals surface area contributed by atoms with Crippen molar-refractivity contribution in [1.82, 2.24) is 10.1 Å². The van der Waals surface area contributed by atoms with Crippen molar-refractivity contribution in [2.45, 2.75) is 38.2 Å². The Balaban J connectivity index is 1.92.